The number of nitrogens with one attached hydrogen (secondary N) is 1. The van der Waals surface area contributed by atoms with Crippen molar-refractivity contribution < 1.29 is 0 Å². The van der Waals surface area contributed by atoms with Gasteiger partial charge in [-0.2, -0.15) is 0 Å². The van der Waals surface area contributed by atoms with Crippen LogP contribution in [0.15, 0.2) is 29.8 Å². The third-order valence-corrected chi connectivity index (χ3v) is 2.32. The van der Waals surface area contributed by atoms with Crippen LogP contribution in [0.1, 0.15) is 25.0 Å². The summed E-state index contributed by atoms with van der Waals surface area (Å²) in [5, 5.41) is 3.37. The molecule has 76 valence electrons. The lowest BCUT2D eigenvalue weighted by Crippen LogP contribution is -1.99. The van der Waals surface area contributed by atoms with Crippen LogP contribution in [0.3, 0.4) is 0 Å². The number of hydrogen-bond donors (Lipinski definition) is 1. The highest BCUT2D eigenvalue weighted by molar-refractivity contribution is 5.48. The fourth-order valence-corrected chi connectivity index (χ4v) is 1.22. The molecule has 0 spiro atoms. The van der Waals surface area contributed by atoms with E-state index in [1.165, 1.54) is 22.4 Å². The van der Waals surface area contributed by atoms with Gasteiger partial charge in [0.05, 0.1) is 0 Å². The summed E-state index contributed by atoms with van der Waals surface area (Å²) in [6, 6.07) is 6.47. The van der Waals surface area contributed by atoms with Gasteiger partial charge in [0.15, 0.2) is 0 Å². The van der Waals surface area contributed by atoms with Gasteiger partial charge < -0.3 is 5.32 Å². The molecule has 1 heteroatoms. The molecule has 0 radical (unpaired) electrons. The molecule has 0 aliphatic carbocycles. The van der Waals surface area contributed by atoms with Crippen molar-refractivity contribution in [2.45, 2.75) is 27.7 Å². The average Bonchev–Trinajstić information content (AvgIpc) is 2.10. The first-order valence-electron chi connectivity index (χ1n) is 5.04. The second-order valence-corrected chi connectivity index (χ2v) is 3.96. The Morgan fingerprint density at radius 1 is 1.21 bits per heavy atom. The van der Waals surface area contributed by atoms with Gasteiger partial charge in [0, 0.05) is 12.2 Å². The summed E-state index contributed by atoms with van der Waals surface area (Å²) in [6.45, 7) is 9.41. The molecule has 0 atom stereocenters. The Balaban J connectivity index is 2.60. The molecule has 14 heavy (non-hydrogen) atoms. The topological polar surface area (TPSA) is 12.0 Å². The molecule has 0 amide bonds. The van der Waals surface area contributed by atoms with Crippen molar-refractivity contribution in [3.63, 3.8) is 0 Å². The maximum atomic E-state index is 3.37. The Hall–Kier alpha value is -1.24. The van der Waals surface area contributed by atoms with Crippen LogP contribution in [0, 0.1) is 13.8 Å². The van der Waals surface area contributed by atoms with Crippen LogP contribution in [0.5, 0.6) is 0 Å². The highest BCUT2D eigenvalue weighted by atomic mass is 14.9. The van der Waals surface area contributed by atoms with Gasteiger partial charge >= 0.3 is 0 Å². The van der Waals surface area contributed by atoms with Crippen molar-refractivity contribution in [2.75, 3.05) is 11.9 Å². The summed E-state index contributed by atoms with van der Waals surface area (Å²) < 4.78 is 0. The van der Waals surface area contributed by atoms with Crippen molar-refractivity contribution in [3.05, 3.63) is 41.0 Å². The van der Waals surface area contributed by atoms with Crippen molar-refractivity contribution in [1.82, 2.24) is 0 Å². The van der Waals surface area contributed by atoms with E-state index in [0.29, 0.717) is 0 Å². The Morgan fingerprint density at radius 3 is 2.50 bits per heavy atom. The zero-order chi connectivity index (χ0) is 10.6. The smallest absolute Gasteiger partial charge is 0.0345 e. The first kappa shape index (κ1) is 10.8. The summed E-state index contributed by atoms with van der Waals surface area (Å²) in [5.41, 5.74) is 5.23. The summed E-state index contributed by atoms with van der Waals surface area (Å²) >= 11 is 0. The van der Waals surface area contributed by atoms with Crippen LogP contribution >= 0.6 is 0 Å². The van der Waals surface area contributed by atoms with Crippen molar-refractivity contribution in [1.29, 1.82) is 0 Å². The van der Waals surface area contributed by atoms with Gasteiger partial charge in [0.25, 0.3) is 0 Å². The molecule has 1 aromatic carbocycles. The molecule has 0 bridgehead atoms. The lowest BCUT2D eigenvalue weighted by Gasteiger charge is -2.06. The minimum Gasteiger partial charge on any atom is -0.382 e. The fourth-order valence-electron chi connectivity index (χ4n) is 1.22. The highest BCUT2D eigenvalue weighted by Crippen LogP contribution is 2.13. The van der Waals surface area contributed by atoms with Gasteiger partial charge in [0.2, 0.25) is 0 Å². The normalized spacial score (nSPS) is 9.71. The standard InChI is InChI=1S/C13H19N/c1-10(2)7-8-14-13-6-5-11(3)12(4)9-13/h5-7,9,14H,8H2,1-4H3. The first-order valence-corrected chi connectivity index (χ1v) is 5.04. The number of benzene rings is 1. The largest absolute Gasteiger partial charge is 0.382 e. The fraction of sp³-hybridized carbons (Fsp3) is 0.385. The van der Waals surface area contributed by atoms with E-state index in [1.54, 1.807) is 0 Å². The molecule has 1 N–H and O–H groups in total. The zero-order valence-electron chi connectivity index (χ0n) is 9.52. The first-order chi connectivity index (χ1) is 6.59. The molecule has 0 fully saturated rings. The van der Waals surface area contributed by atoms with Crippen LogP contribution in [0.4, 0.5) is 5.69 Å². The lowest BCUT2D eigenvalue weighted by molar-refractivity contribution is 1.25. The van der Waals surface area contributed by atoms with E-state index < -0.39 is 0 Å². The van der Waals surface area contributed by atoms with Gasteiger partial charge in [-0.25, -0.2) is 0 Å². The number of anilines is 1. The quantitative estimate of drug-likeness (QED) is 0.715. The predicted molar refractivity (Wildman–Crippen MR) is 63.8 cm³/mol. The van der Waals surface area contributed by atoms with Gasteiger partial charge in [0.1, 0.15) is 0 Å². The Bertz CT molecular complexity index is 333. The van der Waals surface area contributed by atoms with Gasteiger partial charge in [-0.1, -0.05) is 17.7 Å². The molecular formula is C13H19N. The van der Waals surface area contributed by atoms with Crippen molar-refractivity contribution in [2.24, 2.45) is 0 Å². The molecule has 0 saturated heterocycles. The van der Waals surface area contributed by atoms with Crippen molar-refractivity contribution in [3.8, 4) is 0 Å². The molecule has 1 nitrogen and oxygen atoms in total. The third kappa shape index (κ3) is 3.25. The minimum atomic E-state index is 0.908. The van der Waals surface area contributed by atoms with Crippen LogP contribution in [0.2, 0.25) is 0 Å². The van der Waals surface area contributed by atoms with Crippen LogP contribution in [0.25, 0.3) is 0 Å². The van der Waals surface area contributed by atoms with E-state index >= 15 is 0 Å². The second-order valence-electron chi connectivity index (χ2n) is 3.96. The third-order valence-electron chi connectivity index (χ3n) is 2.32. The number of aryl methyl sites for hydroxylation is 2. The molecule has 0 unspecified atom stereocenters. The van der Waals surface area contributed by atoms with Crippen LogP contribution < -0.4 is 5.32 Å². The number of rotatable bonds is 3. The van der Waals surface area contributed by atoms with E-state index in [-0.39, 0.29) is 0 Å². The predicted octanol–water partition coefficient (Wildman–Crippen LogP) is 3.68. The maximum absolute atomic E-state index is 3.37. The molecule has 0 aliphatic rings. The van der Waals surface area contributed by atoms with E-state index in [1.807, 2.05) is 0 Å². The molecule has 0 aliphatic heterocycles. The summed E-state index contributed by atoms with van der Waals surface area (Å²) in [5.74, 6) is 0. The average molecular weight is 189 g/mol. The van der Waals surface area contributed by atoms with E-state index in [9.17, 15) is 0 Å². The number of hydrogen-bond acceptors (Lipinski definition) is 1. The lowest BCUT2D eigenvalue weighted by atomic mass is 10.1. The summed E-state index contributed by atoms with van der Waals surface area (Å²) in [4.78, 5) is 0. The molecule has 0 aromatic heterocycles. The SMILES string of the molecule is CC(C)=CCNc1ccc(C)c(C)c1. The molecule has 0 heterocycles. The van der Waals surface area contributed by atoms with Gasteiger partial charge in [-0.05, 0) is 51.0 Å². The van der Waals surface area contributed by atoms with Crippen LogP contribution in [-0.4, -0.2) is 6.54 Å². The summed E-state index contributed by atoms with van der Waals surface area (Å²) in [7, 11) is 0. The highest BCUT2D eigenvalue weighted by Gasteiger charge is 1.93. The Morgan fingerprint density at radius 2 is 1.93 bits per heavy atom. The van der Waals surface area contributed by atoms with E-state index in [4.69, 9.17) is 0 Å². The maximum Gasteiger partial charge on any atom is 0.0345 e. The van der Waals surface area contributed by atoms with Gasteiger partial charge in [-0.15, -0.1) is 0 Å². The zero-order valence-corrected chi connectivity index (χ0v) is 9.52. The number of allylic oxidation sites excluding steroid dienone is 1. The van der Waals surface area contributed by atoms with E-state index in [2.05, 4.69) is 57.3 Å². The second kappa shape index (κ2) is 4.85. The van der Waals surface area contributed by atoms with Crippen LogP contribution in [-0.2, 0) is 0 Å². The summed E-state index contributed by atoms with van der Waals surface area (Å²) in [6.07, 6.45) is 2.19. The molecular weight excluding hydrogens is 170 g/mol. The Kier molecular flexibility index (Phi) is 3.75. The molecule has 1 aromatic rings. The van der Waals surface area contributed by atoms with E-state index in [0.717, 1.165) is 6.54 Å². The van der Waals surface area contributed by atoms with Crippen molar-refractivity contribution >= 4 is 5.69 Å². The van der Waals surface area contributed by atoms with Gasteiger partial charge in [-0.3, -0.25) is 0 Å². The molecule has 0 saturated carbocycles. The minimum absolute atomic E-state index is 0.908. The monoisotopic (exact) mass is 189 g/mol. The Labute approximate surface area is 86.8 Å². The molecule has 1 rings (SSSR count).